The number of carbonyl (C=O) groups is 2. The Morgan fingerprint density at radius 3 is 2.50 bits per heavy atom. The molecular weight excluding hydrogens is 304 g/mol. The summed E-state index contributed by atoms with van der Waals surface area (Å²) in [4.78, 5) is 23.4. The molecule has 7 heteroatoms. The number of hydrogen-bond donors (Lipinski definition) is 3. The van der Waals surface area contributed by atoms with Crippen LogP contribution in [0.1, 0.15) is 29.9 Å². The molecule has 0 fully saturated rings. The van der Waals surface area contributed by atoms with Gasteiger partial charge in [0.05, 0.1) is 0 Å². The van der Waals surface area contributed by atoms with Crippen molar-refractivity contribution in [1.29, 1.82) is 0 Å². The smallest absolute Gasteiger partial charge is 0.266 e. The Morgan fingerprint density at radius 1 is 1.32 bits per heavy atom. The number of aromatic nitrogens is 2. The Bertz CT molecular complexity index is 692. The molecule has 0 aliphatic carbocycles. The highest BCUT2D eigenvalue weighted by atomic mass is 35.5. The van der Waals surface area contributed by atoms with Crippen LogP contribution < -0.4 is 11.1 Å². The van der Waals surface area contributed by atoms with Crippen molar-refractivity contribution in [1.82, 2.24) is 10.2 Å². The fourth-order valence-corrected chi connectivity index (χ4v) is 2.12. The van der Waals surface area contributed by atoms with Gasteiger partial charge >= 0.3 is 0 Å². The first kappa shape index (κ1) is 16.0. The summed E-state index contributed by atoms with van der Waals surface area (Å²) in [5.74, 6) is -0.568. The lowest BCUT2D eigenvalue weighted by molar-refractivity contribution is -0.123. The van der Waals surface area contributed by atoms with E-state index in [0.717, 1.165) is 5.56 Å². The summed E-state index contributed by atoms with van der Waals surface area (Å²) in [7, 11) is 0. The number of nitrogens with one attached hydrogen (secondary N) is 2. The number of primary amides is 1. The minimum Gasteiger partial charge on any atom is -0.364 e. The number of hydrogen-bond acceptors (Lipinski definition) is 3. The summed E-state index contributed by atoms with van der Waals surface area (Å²) in [6, 6.07) is 8.75. The minimum atomic E-state index is -0.653. The molecule has 2 rings (SSSR count). The zero-order chi connectivity index (χ0) is 16.3. The maximum atomic E-state index is 12.4. The van der Waals surface area contributed by atoms with E-state index in [0.29, 0.717) is 11.4 Å². The zero-order valence-corrected chi connectivity index (χ0v) is 13.1. The molecule has 1 aromatic heterocycles. The fourth-order valence-electron chi connectivity index (χ4n) is 1.99. The molecule has 116 valence electrons. The summed E-state index contributed by atoms with van der Waals surface area (Å²) >= 11 is 5.85. The molecular formula is C15H17ClN4O2. The molecule has 4 N–H and O–H groups in total. The lowest BCUT2D eigenvalue weighted by atomic mass is 9.85. The quantitative estimate of drug-likeness (QED) is 0.788. The molecule has 0 atom stereocenters. The molecule has 0 radical (unpaired) electrons. The van der Waals surface area contributed by atoms with Gasteiger partial charge in [-0.2, -0.15) is 5.10 Å². The summed E-state index contributed by atoms with van der Waals surface area (Å²) < 4.78 is 0. The second-order valence-corrected chi connectivity index (χ2v) is 6.11. The Kier molecular flexibility index (Phi) is 4.51. The van der Waals surface area contributed by atoms with E-state index in [1.165, 1.54) is 6.07 Å². The van der Waals surface area contributed by atoms with Gasteiger partial charge in [0, 0.05) is 16.5 Å². The SMILES string of the molecule is CC(C)(Cc1ccc(Cl)cc1)C(=O)Nc1cc(C(N)=O)[nH]n1. The van der Waals surface area contributed by atoms with Gasteiger partial charge < -0.3 is 11.1 Å². The van der Waals surface area contributed by atoms with Crippen molar-refractivity contribution < 1.29 is 9.59 Å². The third-order valence-corrected chi connectivity index (χ3v) is 3.51. The molecule has 0 bridgehead atoms. The average molecular weight is 321 g/mol. The van der Waals surface area contributed by atoms with Crippen LogP contribution in [-0.4, -0.2) is 22.0 Å². The van der Waals surface area contributed by atoms with Gasteiger partial charge in [-0.25, -0.2) is 0 Å². The molecule has 2 amide bonds. The van der Waals surface area contributed by atoms with E-state index in [-0.39, 0.29) is 17.4 Å². The van der Waals surface area contributed by atoms with E-state index in [9.17, 15) is 9.59 Å². The van der Waals surface area contributed by atoms with Crippen molar-refractivity contribution in [2.45, 2.75) is 20.3 Å². The van der Waals surface area contributed by atoms with Gasteiger partial charge in [-0.3, -0.25) is 14.7 Å². The highest BCUT2D eigenvalue weighted by molar-refractivity contribution is 6.30. The number of H-pyrrole nitrogens is 1. The number of rotatable bonds is 5. The maximum absolute atomic E-state index is 12.4. The Morgan fingerprint density at radius 2 is 1.95 bits per heavy atom. The molecule has 6 nitrogen and oxygen atoms in total. The summed E-state index contributed by atoms with van der Waals surface area (Å²) in [5, 5.41) is 9.63. The molecule has 2 aromatic rings. The molecule has 22 heavy (non-hydrogen) atoms. The van der Waals surface area contributed by atoms with Crippen LogP contribution in [0.5, 0.6) is 0 Å². The number of nitrogens with two attached hydrogens (primary N) is 1. The number of aromatic amines is 1. The maximum Gasteiger partial charge on any atom is 0.266 e. The first-order chi connectivity index (χ1) is 10.3. The van der Waals surface area contributed by atoms with Crippen molar-refractivity contribution in [3.05, 3.63) is 46.6 Å². The lowest BCUT2D eigenvalue weighted by Gasteiger charge is -2.23. The highest BCUT2D eigenvalue weighted by Crippen LogP contribution is 2.24. The highest BCUT2D eigenvalue weighted by Gasteiger charge is 2.28. The molecule has 0 spiro atoms. The average Bonchev–Trinajstić information content (AvgIpc) is 2.90. The van der Waals surface area contributed by atoms with Crippen LogP contribution in [0.2, 0.25) is 5.02 Å². The van der Waals surface area contributed by atoms with Crippen LogP contribution in [0.3, 0.4) is 0 Å². The normalized spacial score (nSPS) is 11.2. The van der Waals surface area contributed by atoms with Gasteiger partial charge in [0.2, 0.25) is 5.91 Å². The molecule has 0 saturated heterocycles. The van der Waals surface area contributed by atoms with Crippen LogP contribution in [0.15, 0.2) is 30.3 Å². The Hall–Kier alpha value is -2.34. The minimum absolute atomic E-state index is 0.144. The first-order valence-corrected chi connectivity index (χ1v) is 7.07. The second-order valence-electron chi connectivity index (χ2n) is 5.67. The number of nitrogens with zero attached hydrogens (tertiary/aromatic N) is 1. The molecule has 0 aliphatic rings. The van der Waals surface area contributed by atoms with E-state index >= 15 is 0 Å². The van der Waals surface area contributed by atoms with Gasteiger partial charge in [-0.15, -0.1) is 0 Å². The zero-order valence-electron chi connectivity index (χ0n) is 12.3. The third kappa shape index (κ3) is 3.85. The number of amides is 2. The van der Waals surface area contributed by atoms with Crippen LogP contribution in [-0.2, 0) is 11.2 Å². The van der Waals surface area contributed by atoms with E-state index in [1.807, 2.05) is 26.0 Å². The van der Waals surface area contributed by atoms with Gasteiger partial charge in [0.25, 0.3) is 5.91 Å². The Balaban J connectivity index is 2.05. The first-order valence-electron chi connectivity index (χ1n) is 6.69. The van der Waals surface area contributed by atoms with E-state index in [2.05, 4.69) is 15.5 Å². The van der Waals surface area contributed by atoms with Crippen molar-refractivity contribution in [2.24, 2.45) is 11.1 Å². The van der Waals surface area contributed by atoms with E-state index < -0.39 is 11.3 Å². The van der Waals surface area contributed by atoms with Crippen molar-refractivity contribution in [2.75, 3.05) is 5.32 Å². The van der Waals surface area contributed by atoms with Gasteiger partial charge in [0.1, 0.15) is 5.69 Å². The topological polar surface area (TPSA) is 101 Å². The van der Waals surface area contributed by atoms with Crippen LogP contribution in [0.4, 0.5) is 5.82 Å². The van der Waals surface area contributed by atoms with Crippen molar-refractivity contribution >= 4 is 29.2 Å². The number of benzene rings is 1. The molecule has 0 unspecified atom stereocenters. The lowest BCUT2D eigenvalue weighted by Crippen LogP contribution is -2.32. The summed E-state index contributed by atoms with van der Waals surface area (Å²) in [5.41, 5.74) is 5.62. The summed E-state index contributed by atoms with van der Waals surface area (Å²) in [6.07, 6.45) is 0.545. The number of halogens is 1. The van der Waals surface area contributed by atoms with E-state index in [1.54, 1.807) is 12.1 Å². The van der Waals surface area contributed by atoms with Crippen molar-refractivity contribution in [3.63, 3.8) is 0 Å². The summed E-state index contributed by atoms with van der Waals surface area (Å²) in [6.45, 7) is 3.66. The number of anilines is 1. The second kappa shape index (κ2) is 6.19. The number of carbonyl (C=O) groups excluding carboxylic acids is 2. The molecule has 1 aromatic carbocycles. The molecule has 0 saturated carbocycles. The van der Waals surface area contributed by atoms with E-state index in [4.69, 9.17) is 17.3 Å². The third-order valence-electron chi connectivity index (χ3n) is 3.26. The van der Waals surface area contributed by atoms with Crippen LogP contribution in [0, 0.1) is 5.41 Å². The van der Waals surface area contributed by atoms with Crippen LogP contribution in [0.25, 0.3) is 0 Å². The fraction of sp³-hybridized carbons (Fsp3) is 0.267. The Labute approximate surface area is 133 Å². The predicted molar refractivity (Wildman–Crippen MR) is 84.7 cm³/mol. The standard InChI is InChI=1S/C15H17ClN4O2/c1-15(2,8-9-3-5-10(16)6-4-9)14(22)18-12-7-11(13(17)21)19-20-12/h3-7H,8H2,1-2H3,(H2,17,21)(H2,18,19,20,22). The largest absolute Gasteiger partial charge is 0.364 e. The van der Waals surface area contributed by atoms with Gasteiger partial charge in [-0.1, -0.05) is 37.6 Å². The monoisotopic (exact) mass is 320 g/mol. The van der Waals surface area contributed by atoms with Crippen molar-refractivity contribution in [3.8, 4) is 0 Å². The van der Waals surface area contributed by atoms with Gasteiger partial charge in [-0.05, 0) is 24.1 Å². The van der Waals surface area contributed by atoms with Crippen LogP contribution >= 0.6 is 11.6 Å². The molecule has 1 heterocycles. The predicted octanol–water partition coefficient (Wildman–Crippen LogP) is 2.37. The molecule has 0 aliphatic heterocycles. The van der Waals surface area contributed by atoms with Gasteiger partial charge in [0.15, 0.2) is 5.82 Å².